The second-order valence-corrected chi connectivity index (χ2v) is 5.42. The number of hydrogen-bond donors (Lipinski definition) is 1. The molecule has 18 heavy (non-hydrogen) atoms. The van der Waals surface area contributed by atoms with Crippen molar-refractivity contribution in [3.05, 3.63) is 23.8 Å². The third-order valence-corrected chi connectivity index (χ3v) is 3.83. The second-order valence-electron chi connectivity index (χ2n) is 5.42. The first-order valence-corrected chi connectivity index (χ1v) is 6.51. The molecule has 0 saturated carbocycles. The highest BCUT2D eigenvalue weighted by atomic mass is 16.7. The summed E-state index contributed by atoms with van der Waals surface area (Å²) >= 11 is 0. The first-order valence-electron chi connectivity index (χ1n) is 6.51. The van der Waals surface area contributed by atoms with Gasteiger partial charge in [0.1, 0.15) is 0 Å². The minimum absolute atomic E-state index is 0.0216. The molecule has 3 rings (SSSR count). The van der Waals surface area contributed by atoms with Crippen molar-refractivity contribution in [1.29, 1.82) is 0 Å². The van der Waals surface area contributed by atoms with Crippen molar-refractivity contribution < 1.29 is 9.47 Å². The predicted molar refractivity (Wildman–Crippen MR) is 70.0 cm³/mol. The maximum atomic E-state index is 5.47. The van der Waals surface area contributed by atoms with Crippen LogP contribution < -0.4 is 14.8 Å². The lowest BCUT2D eigenvalue weighted by Gasteiger charge is -2.32. The zero-order valence-corrected chi connectivity index (χ0v) is 11.0. The number of nitrogens with zero attached hydrogens (tertiary/aromatic N) is 1. The van der Waals surface area contributed by atoms with Crippen molar-refractivity contribution in [2.45, 2.75) is 18.9 Å². The van der Waals surface area contributed by atoms with Gasteiger partial charge in [-0.25, -0.2) is 0 Å². The summed E-state index contributed by atoms with van der Waals surface area (Å²) in [4.78, 5) is 2.38. The van der Waals surface area contributed by atoms with Crippen LogP contribution in [0.4, 0.5) is 0 Å². The van der Waals surface area contributed by atoms with Crippen LogP contribution in [0.2, 0.25) is 0 Å². The molecule has 0 amide bonds. The van der Waals surface area contributed by atoms with E-state index in [0.717, 1.165) is 31.1 Å². The summed E-state index contributed by atoms with van der Waals surface area (Å²) in [6.45, 7) is 5.80. The number of rotatable bonds is 1. The second kappa shape index (κ2) is 4.44. The normalized spacial score (nSPS) is 28.1. The number of fused-ring (bicyclic) bond motifs is 1. The standard InChI is InChI=1S/C14H20N2O2/c1-14(9-16(2)7-3-6-15-14)11-4-5-12-13(8-11)18-10-17-12/h4-5,8,15H,3,6-7,9-10H2,1-2H3. The Morgan fingerprint density at radius 3 is 3.00 bits per heavy atom. The average Bonchev–Trinajstić information content (AvgIpc) is 2.74. The fraction of sp³-hybridized carbons (Fsp3) is 0.571. The van der Waals surface area contributed by atoms with Crippen molar-refractivity contribution >= 4 is 0 Å². The Morgan fingerprint density at radius 1 is 1.28 bits per heavy atom. The van der Waals surface area contributed by atoms with E-state index in [1.54, 1.807) is 0 Å². The molecule has 1 unspecified atom stereocenters. The predicted octanol–water partition coefficient (Wildman–Crippen LogP) is 1.56. The van der Waals surface area contributed by atoms with Crippen molar-refractivity contribution in [2.75, 3.05) is 33.5 Å². The molecule has 0 bridgehead atoms. The molecule has 98 valence electrons. The van der Waals surface area contributed by atoms with Crippen LogP contribution in [0.25, 0.3) is 0 Å². The topological polar surface area (TPSA) is 33.7 Å². The molecule has 0 aromatic heterocycles. The Kier molecular flexibility index (Phi) is 2.92. The highest BCUT2D eigenvalue weighted by Gasteiger charge is 2.30. The monoisotopic (exact) mass is 248 g/mol. The quantitative estimate of drug-likeness (QED) is 0.817. The van der Waals surface area contributed by atoms with E-state index in [1.807, 2.05) is 6.07 Å². The van der Waals surface area contributed by atoms with E-state index in [-0.39, 0.29) is 5.54 Å². The zero-order valence-electron chi connectivity index (χ0n) is 11.0. The summed E-state index contributed by atoms with van der Waals surface area (Å²) in [5.74, 6) is 1.71. The smallest absolute Gasteiger partial charge is 0.231 e. The summed E-state index contributed by atoms with van der Waals surface area (Å²) in [6.07, 6.45) is 1.19. The van der Waals surface area contributed by atoms with Gasteiger partial charge < -0.3 is 19.7 Å². The van der Waals surface area contributed by atoms with E-state index in [9.17, 15) is 0 Å². The van der Waals surface area contributed by atoms with Crippen LogP contribution in [0.1, 0.15) is 18.9 Å². The molecule has 2 aliphatic rings. The Morgan fingerprint density at radius 2 is 2.11 bits per heavy atom. The number of nitrogens with one attached hydrogen (secondary N) is 1. The summed E-state index contributed by atoms with van der Waals surface area (Å²) in [7, 11) is 2.18. The molecule has 4 heteroatoms. The number of hydrogen-bond acceptors (Lipinski definition) is 4. The van der Waals surface area contributed by atoms with E-state index in [4.69, 9.17) is 9.47 Å². The fourth-order valence-corrected chi connectivity index (χ4v) is 2.82. The summed E-state index contributed by atoms with van der Waals surface area (Å²) < 4.78 is 10.8. The van der Waals surface area contributed by atoms with Gasteiger partial charge in [0.05, 0.1) is 5.54 Å². The van der Waals surface area contributed by atoms with Crippen molar-refractivity contribution in [3.8, 4) is 11.5 Å². The highest BCUT2D eigenvalue weighted by molar-refractivity contribution is 5.46. The van der Waals surface area contributed by atoms with Crippen LogP contribution in [-0.2, 0) is 5.54 Å². The molecule has 1 aromatic carbocycles. The largest absolute Gasteiger partial charge is 0.454 e. The SMILES string of the molecule is CN1CCCNC(C)(c2ccc3c(c2)OCO3)C1. The van der Waals surface area contributed by atoms with Gasteiger partial charge in [-0.3, -0.25) is 0 Å². The Labute approximate surface area is 108 Å². The minimum Gasteiger partial charge on any atom is -0.454 e. The van der Waals surface area contributed by atoms with Crippen LogP contribution in [0.3, 0.4) is 0 Å². The van der Waals surface area contributed by atoms with Crippen LogP contribution in [0.5, 0.6) is 11.5 Å². The van der Waals surface area contributed by atoms with E-state index >= 15 is 0 Å². The Balaban J connectivity index is 1.92. The molecule has 4 nitrogen and oxygen atoms in total. The zero-order chi connectivity index (χ0) is 12.6. The third kappa shape index (κ3) is 2.06. The van der Waals surface area contributed by atoms with Crippen LogP contribution in [0, 0.1) is 0 Å². The lowest BCUT2D eigenvalue weighted by molar-refractivity contribution is 0.173. The van der Waals surface area contributed by atoms with Crippen molar-refractivity contribution in [3.63, 3.8) is 0 Å². The molecular weight excluding hydrogens is 228 g/mol. The van der Waals surface area contributed by atoms with Gasteiger partial charge in [0.2, 0.25) is 6.79 Å². The number of likely N-dealkylation sites (N-methyl/N-ethyl adjacent to an activating group) is 1. The first kappa shape index (κ1) is 11.8. The fourth-order valence-electron chi connectivity index (χ4n) is 2.82. The van der Waals surface area contributed by atoms with Crippen molar-refractivity contribution in [1.82, 2.24) is 10.2 Å². The van der Waals surface area contributed by atoms with Gasteiger partial charge >= 0.3 is 0 Å². The van der Waals surface area contributed by atoms with E-state index < -0.39 is 0 Å². The molecule has 1 fully saturated rings. The molecule has 0 radical (unpaired) electrons. The minimum atomic E-state index is -0.0216. The Hall–Kier alpha value is -1.26. The van der Waals surface area contributed by atoms with Crippen LogP contribution in [-0.4, -0.2) is 38.4 Å². The molecule has 0 aliphatic carbocycles. The van der Waals surface area contributed by atoms with Crippen LogP contribution in [0.15, 0.2) is 18.2 Å². The first-order chi connectivity index (χ1) is 8.67. The van der Waals surface area contributed by atoms with Gasteiger partial charge in [0, 0.05) is 6.54 Å². The summed E-state index contributed by atoms with van der Waals surface area (Å²) in [6, 6.07) is 6.25. The third-order valence-electron chi connectivity index (χ3n) is 3.83. The molecular formula is C14H20N2O2. The van der Waals surface area contributed by atoms with Gasteiger partial charge in [0.25, 0.3) is 0 Å². The average molecular weight is 248 g/mol. The van der Waals surface area contributed by atoms with Crippen LogP contribution >= 0.6 is 0 Å². The van der Waals surface area contributed by atoms with E-state index in [0.29, 0.717) is 6.79 Å². The maximum absolute atomic E-state index is 5.47. The molecule has 1 atom stereocenters. The molecule has 0 spiro atoms. The lowest BCUT2D eigenvalue weighted by Crippen LogP contribution is -2.45. The Bertz CT molecular complexity index is 449. The number of benzene rings is 1. The molecule has 2 aliphatic heterocycles. The highest BCUT2D eigenvalue weighted by Crippen LogP contribution is 2.36. The molecule has 1 saturated heterocycles. The van der Waals surface area contributed by atoms with E-state index in [1.165, 1.54) is 12.0 Å². The number of ether oxygens (including phenoxy) is 2. The van der Waals surface area contributed by atoms with Gasteiger partial charge in [-0.1, -0.05) is 6.07 Å². The van der Waals surface area contributed by atoms with Gasteiger partial charge in [-0.15, -0.1) is 0 Å². The summed E-state index contributed by atoms with van der Waals surface area (Å²) in [5, 5.41) is 3.66. The van der Waals surface area contributed by atoms with Gasteiger partial charge in [-0.05, 0) is 51.2 Å². The van der Waals surface area contributed by atoms with Gasteiger partial charge in [-0.2, -0.15) is 0 Å². The van der Waals surface area contributed by atoms with Gasteiger partial charge in [0.15, 0.2) is 11.5 Å². The molecule has 1 N–H and O–H groups in total. The lowest BCUT2D eigenvalue weighted by atomic mass is 9.91. The van der Waals surface area contributed by atoms with Crippen molar-refractivity contribution in [2.24, 2.45) is 0 Å². The van der Waals surface area contributed by atoms with E-state index in [2.05, 4.69) is 36.3 Å². The molecule has 2 heterocycles. The summed E-state index contributed by atoms with van der Waals surface area (Å²) in [5.41, 5.74) is 1.24. The molecule has 1 aromatic rings. The maximum Gasteiger partial charge on any atom is 0.231 e.